The van der Waals surface area contributed by atoms with Gasteiger partial charge in [0.25, 0.3) is 5.91 Å². The molecule has 0 saturated heterocycles. The molecule has 27 heavy (non-hydrogen) atoms. The third-order valence-electron chi connectivity index (χ3n) is 4.12. The third-order valence-corrected chi connectivity index (χ3v) is 4.12. The zero-order valence-corrected chi connectivity index (χ0v) is 14.9. The molecular formula is C21H19FN2O3. The van der Waals surface area contributed by atoms with Crippen molar-refractivity contribution in [2.45, 2.75) is 19.4 Å². The van der Waals surface area contributed by atoms with Gasteiger partial charge in [0.1, 0.15) is 17.3 Å². The Bertz CT molecular complexity index is 959. The Balaban J connectivity index is 1.75. The molecule has 0 radical (unpaired) electrons. The van der Waals surface area contributed by atoms with Crippen LogP contribution in [0.25, 0.3) is 0 Å². The molecule has 3 rings (SSSR count). The summed E-state index contributed by atoms with van der Waals surface area (Å²) in [6.07, 6.45) is 3.26. The van der Waals surface area contributed by atoms with Gasteiger partial charge < -0.3 is 15.2 Å². The fourth-order valence-corrected chi connectivity index (χ4v) is 2.55. The minimum Gasteiger partial charge on any atom is -0.455 e. The van der Waals surface area contributed by atoms with Crippen molar-refractivity contribution >= 4 is 11.6 Å². The molecule has 138 valence electrons. The van der Waals surface area contributed by atoms with Crippen molar-refractivity contribution in [3.8, 4) is 11.5 Å². The van der Waals surface area contributed by atoms with Gasteiger partial charge in [-0.2, -0.15) is 0 Å². The summed E-state index contributed by atoms with van der Waals surface area (Å²) < 4.78 is 19.2. The highest BCUT2D eigenvalue weighted by atomic mass is 19.1. The van der Waals surface area contributed by atoms with E-state index in [1.165, 1.54) is 25.1 Å². The minimum atomic E-state index is -1.87. The summed E-state index contributed by atoms with van der Waals surface area (Å²) in [7, 11) is 0. The minimum absolute atomic E-state index is 0.174. The molecule has 0 fully saturated rings. The number of aliphatic hydroxyl groups is 1. The van der Waals surface area contributed by atoms with E-state index in [-0.39, 0.29) is 5.56 Å². The average molecular weight is 366 g/mol. The van der Waals surface area contributed by atoms with Gasteiger partial charge in [-0.1, -0.05) is 12.1 Å². The lowest BCUT2D eigenvalue weighted by Crippen LogP contribution is -2.37. The maximum Gasteiger partial charge on any atom is 0.260 e. The van der Waals surface area contributed by atoms with E-state index >= 15 is 0 Å². The Labute approximate surface area is 156 Å². The normalized spacial score (nSPS) is 12.9. The zero-order chi connectivity index (χ0) is 19.4. The highest BCUT2D eigenvalue weighted by Crippen LogP contribution is 2.28. The molecule has 2 aromatic carbocycles. The lowest BCUT2D eigenvalue weighted by molar-refractivity contribution is -0.133. The summed E-state index contributed by atoms with van der Waals surface area (Å²) in [5, 5.41) is 13.2. The second-order valence-electron chi connectivity index (χ2n) is 6.31. The van der Waals surface area contributed by atoms with Crippen LogP contribution in [0.15, 0.2) is 67.0 Å². The van der Waals surface area contributed by atoms with Crippen LogP contribution in [0.1, 0.15) is 18.1 Å². The number of rotatable bonds is 5. The second kappa shape index (κ2) is 7.55. The number of nitrogens with one attached hydrogen (secondary N) is 1. The Morgan fingerprint density at radius 1 is 1.19 bits per heavy atom. The molecule has 0 unspecified atom stereocenters. The number of carbonyl (C=O) groups is 1. The molecule has 1 atom stereocenters. The Kier molecular flexibility index (Phi) is 5.19. The van der Waals surface area contributed by atoms with Gasteiger partial charge in [-0.05, 0) is 67.4 Å². The molecule has 2 N–H and O–H groups in total. The molecule has 0 aliphatic heterocycles. The third kappa shape index (κ3) is 4.30. The van der Waals surface area contributed by atoms with Gasteiger partial charge in [-0.3, -0.25) is 9.78 Å². The SMILES string of the molecule is Cc1cc(NC(=O)[C@@](C)(O)c2cccc(F)c2)ccc1Oc1cccnc1. The topological polar surface area (TPSA) is 71.5 Å². The summed E-state index contributed by atoms with van der Waals surface area (Å²) in [5.41, 5.74) is -0.413. The Hall–Kier alpha value is -3.25. The molecule has 1 amide bonds. The highest BCUT2D eigenvalue weighted by molar-refractivity contribution is 5.97. The molecule has 1 aromatic heterocycles. The summed E-state index contributed by atoms with van der Waals surface area (Å²) >= 11 is 0. The number of amides is 1. The van der Waals surface area contributed by atoms with Gasteiger partial charge in [-0.25, -0.2) is 4.39 Å². The Morgan fingerprint density at radius 3 is 2.67 bits per heavy atom. The van der Waals surface area contributed by atoms with E-state index in [2.05, 4.69) is 10.3 Å². The van der Waals surface area contributed by atoms with Crippen molar-refractivity contribution in [3.05, 3.63) is 83.9 Å². The largest absolute Gasteiger partial charge is 0.455 e. The van der Waals surface area contributed by atoms with E-state index in [0.717, 1.165) is 11.6 Å². The van der Waals surface area contributed by atoms with E-state index in [1.54, 1.807) is 42.7 Å². The lowest BCUT2D eigenvalue weighted by atomic mass is 9.95. The number of ether oxygens (including phenoxy) is 1. The highest BCUT2D eigenvalue weighted by Gasteiger charge is 2.32. The number of nitrogens with zero attached hydrogens (tertiary/aromatic N) is 1. The van der Waals surface area contributed by atoms with Crippen LogP contribution in [0.4, 0.5) is 10.1 Å². The molecule has 5 nitrogen and oxygen atoms in total. The van der Waals surface area contributed by atoms with Crippen LogP contribution in [-0.4, -0.2) is 16.0 Å². The summed E-state index contributed by atoms with van der Waals surface area (Å²) in [4.78, 5) is 16.5. The van der Waals surface area contributed by atoms with Crippen LogP contribution in [0.5, 0.6) is 11.5 Å². The fraction of sp³-hybridized carbons (Fsp3) is 0.143. The number of anilines is 1. The fourth-order valence-electron chi connectivity index (χ4n) is 2.55. The molecule has 0 aliphatic rings. The molecule has 1 heterocycles. The number of halogens is 1. The van der Waals surface area contributed by atoms with E-state index < -0.39 is 17.3 Å². The van der Waals surface area contributed by atoms with Gasteiger partial charge in [0.15, 0.2) is 5.60 Å². The maximum atomic E-state index is 13.4. The Morgan fingerprint density at radius 2 is 2.00 bits per heavy atom. The predicted molar refractivity (Wildman–Crippen MR) is 100 cm³/mol. The second-order valence-corrected chi connectivity index (χ2v) is 6.31. The lowest BCUT2D eigenvalue weighted by Gasteiger charge is -2.23. The van der Waals surface area contributed by atoms with E-state index in [9.17, 15) is 14.3 Å². The molecule has 0 saturated carbocycles. The van der Waals surface area contributed by atoms with Gasteiger partial charge in [0.2, 0.25) is 0 Å². The first kappa shape index (κ1) is 18.5. The number of hydrogen-bond acceptors (Lipinski definition) is 4. The van der Waals surface area contributed by atoms with Crippen LogP contribution in [0.2, 0.25) is 0 Å². The van der Waals surface area contributed by atoms with E-state index in [1.807, 2.05) is 6.92 Å². The van der Waals surface area contributed by atoms with Crippen LogP contribution < -0.4 is 10.1 Å². The van der Waals surface area contributed by atoms with Crippen LogP contribution >= 0.6 is 0 Å². The summed E-state index contributed by atoms with van der Waals surface area (Å²) in [6, 6.07) is 14.0. The quantitative estimate of drug-likeness (QED) is 0.711. The number of carbonyl (C=O) groups excluding carboxylic acids is 1. The first-order valence-corrected chi connectivity index (χ1v) is 8.34. The first-order valence-electron chi connectivity index (χ1n) is 8.34. The van der Waals surface area contributed by atoms with E-state index in [0.29, 0.717) is 17.2 Å². The van der Waals surface area contributed by atoms with Crippen molar-refractivity contribution < 1.29 is 19.0 Å². The monoisotopic (exact) mass is 366 g/mol. The van der Waals surface area contributed by atoms with Gasteiger partial charge in [0.05, 0.1) is 6.20 Å². The van der Waals surface area contributed by atoms with Crippen molar-refractivity contribution in [3.63, 3.8) is 0 Å². The van der Waals surface area contributed by atoms with Crippen LogP contribution in [-0.2, 0) is 10.4 Å². The molecule has 0 aliphatic carbocycles. The number of aromatic nitrogens is 1. The summed E-state index contributed by atoms with van der Waals surface area (Å²) in [6.45, 7) is 3.16. The predicted octanol–water partition coefficient (Wildman–Crippen LogP) is 4.17. The van der Waals surface area contributed by atoms with Crippen molar-refractivity contribution in [1.82, 2.24) is 4.98 Å². The van der Waals surface area contributed by atoms with E-state index in [4.69, 9.17) is 4.74 Å². The van der Waals surface area contributed by atoms with Gasteiger partial charge in [0, 0.05) is 11.9 Å². The zero-order valence-electron chi connectivity index (χ0n) is 14.9. The molecule has 6 heteroatoms. The van der Waals surface area contributed by atoms with Crippen molar-refractivity contribution in [2.24, 2.45) is 0 Å². The maximum absolute atomic E-state index is 13.4. The van der Waals surface area contributed by atoms with Crippen LogP contribution in [0.3, 0.4) is 0 Å². The van der Waals surface area contributed by atoms with Crippen LogP contribution in [0, 0.1) is 12.7 Å². The number of benzene rings is 2. The molecule has 3 aromatic rings. The summed E-state index contributed by atoms with van der Waals surface area (Å²) in [5.74, 6) is 0.0473. The smallest absolute Gasteiger partial charge is 0.260 e. The number of aryl methyl sites for hydroxylation is 1. The van der Waals surface area contributed by atoms with Gasteiger partial charge >= 0.3 is 0 Å². The van der Waals surface area contributed by atoms with Crippen molar-refractivity contribution in [2.75, 3.05) is 5.32 Å². The average Bonchev–Trinajstić information content (AvgIpc) is 2.65. The van der Waals surface area contributed by atoms with Gasteiger partial charge in [-0.15, -0.1) is 0 Å². The first-order chi connectivity index (χ1) is 12.9. The number of pyridine rings is 1. The molecular weight excluding hydrogens is 347 g/mol. The van der Waals surface area contributed by atoms with Crippen molar-refractivity contribution in [1.29, 1.82) is 0 Å². The molecule has 0 spiro atoms. The standard InChI is InChI=1S/C21H19FN2O3/c1-14-11-17(8-9-19(14)27-18-7-4-10-23-13-18)24-20(25)21(2,26)15-5-3-6-16(22)12-15/h3-13,26H,1-2H3,(H,24,25)/t21-/m0/s1. The number of hydrogen-bond donors (Lipinski definition) is 2. The molecule has 0 bridgehead atoms.